The Morgan fingerprint density at radius 2 is 1.23 bits per heavy atom. The van der Waals surface area contributed by atoms with Gasteiger partial charge in [0.25, 0.3) is 0 Å². The molecular formula is C11H27NO. The summed E-state index contributed by atoms with van der Waals surface area (Å²) in [6, 6.07) is 0. The average molecular weight is 189 g/mol. The van der Waals surface area contributed by atoms with Crippen molar-refractivity contribution in [2.75, 3.05) is 26.2 Å². The largest absolute Gasteiger partial charge is 0.870 e. The molecule has 0 aliphatic rings. The molecule has 0 spiro atoms. The predicted octanol–water partition coefficient (Wildman–Crippen LogP) is 2.88. The van der Waals surface area contributed by atoms with Gasteiger partial charge in [-0.25, -0.2) is 0 Å². The number of quaternary nitrogens is 1. The van der Waals surface area contributed by atoms with Crippen LogP contribution >= 0.6 is 0 Å². The first-order valence-corrected chi connectivity index (χ1v) is 5.59. The maximum absolute atomic E-state index is 2.32. The molecule has 0 aliphatic heterocycles. The van der Waals surface area contributed by atoms with E-state index in [1.54, 1.807) is 0 Å². The van der Waals surface area contributed by atoms with Crippen LogP contribution in [0.4, 0.5) is 0 Å². The lowest BCUT2D eigenvalue weighted by molar-refractivity contribution is -0.923. The minimum atomic E-state index is 0. The van der Waals surface area contributed by atoms with Gasteiger partial charge in [-0.05, 0) is 33.6 Å². The van der Waals surface area contributed by atoms with Gasteiger partial charge in [0.05, 0.1) is 26.2 Å². The smallest absolute Gasteiger partial charge is 0.0786 e. The van der Waals surface area contributed by atoms with Crippen molar-refractivity contribution in [2.24, 2.45) is 0 Å². The van der Waals surface area contributed by atoms with E-state index in [4.69, 9.17) is 0 Å². The van der Waals surface area contributed by atoms with Crippen LogP contribution in [0.15, 0.2) is 0 Å². The van der Waals surface area contributed by atoms with Crippen LogP contribution in [0, 0.1) is 0 Å². The van der Waals surface area contributed by atoms with E-state index in [2.05, 4.69) is 27.7 Å². The van der Waals surface area contributed by atoms with Gasteiger partial charge in [-0.2, -0.15) is 0 Å². The van der Waals surface area contributed by atoms with Crippen LogP contribution in [0.1, 0.15) is 47.0 Å². The number of unbranched alkanes of at least 4 members (excludes halogenated alkanes) is 2. The van der Waals surface area contributed by atoms with E-state index in [1.807, 2.05) is 0 Å². The van der Waals surface area contributed by atoms with Gasteiger partial charge in [0, 0.05) is 0 Å². The van der Waals surface area contributed by atoms with Gasteiger partial charge in [-0.3, -0.25) is 0 Å². The molecule has 0 aliphatic carbocycles. The van der Waals surface area contributed by atoms with E-state index in [1.165, 1.54) is 49.9 Å². The summed E-state index contributed by atoms with van der Waals surface area (Å²) in [7, 11) is 0. The Balaban J connectivity index is 0. The maximum Gasteiger partial charge on any atom is 0.0786 e. The van der Waals surface area contributed by atoms with Gasteiger partial charge >= 0.3 is 0 Å². The molecule has 0 heterocycles. The summed E-state index contributed by atoms with van der Waals surface area (Å²) >= 11 is 0. The second-order valence-corrected chi connectivity index (χ2v) is 3.72. The number of hydrogen-bond acceptors (Lipinski definition) is 1. The Morgan fingerprint density at radius 3 is 1.54 bits per heavy atom. The molecule has 0 unspecified atom stereocenters. The molecular weight excluding hydrogens is 162 g/mol. The van der Waals surface area contributed by atoms with Gasteiger partial charge < -0.3 is 9.96 Å². The molecule has 0 bridgehead atoms. The number of nitrogens with zero attached hydrogens (tertiary/aromatic N) is 1. The lowest BCUT2D eigenvalue weighted by Gasteiger charge is -2.35. The number of hydrogen-bond donors (Lipinski definition) is 0. The van der Waals surface area contributed by atoms with Crippen LogP contribution in [0.3, 0.4) is 0 Å². The summed E-state index contributed by atoms with van der Waals surface area (Å²) < 4.78 is 1.32. The van der Waals surface area contributed by atoms with E-state index < -0.39 is 0 Å². The third kappa shape index (κ3) is 5.27. The molecule has 0 saturated heterocycles. The molecule has 0 radical (unpaired) electrons. The molecule has 0 saturated carbocycles. The first-order chi connectivity index (χ1) is 5.74. The molecule has 0 aromatic heterocycles. The highest BCUT2D eigenvalue weighted by Crippen LogP contribution is 2.09. The molecule has 1 N–H and O–H groups in total. The summed E-state index contributed by atoms with van der Waals surface area (Å²) in [5.74, 6) is 0. The monoisotopic (exact) mass is 189 g/mol. The fourth-order valence-electron chi connectivity index (χ4n) is 1.84. The fourth-order valence-corrected chi connectivity index (χ4v) is 1.84. The van der Waals surface area contributed by atoms with Crippen molar-refractivity contribution in [1.82, 2.24) is 0 Å². The van der Waals surface area contributed by atoms with Crippen LogP contribution in [-0.4, -0.2) is 36.1 Å². The van der Waals surface area contributed by atoms with E-state index in [0.717, 1.165) is 0 Å². The lowest BCUT2D eigenvalue weighted by atomic mass is 10.2. The Labute approximate surface area is 83.8 Å². The molecule has 0 aromatic carbocycles. The van der Waals surface area contributed by atoms with Crippen LogP contribution in [-0.2, 0) is 0 Å². The molecule has 2 nitrogen and oxygen atoms in total. The zero-order valence-corrected chi connectivity index (χ0v) is 9.84. The van der Waals surface area contributed by atoms with Crippen LogP contribution in [0.5, 0.6) is 0 Å². The molecule has 0 rings (SSSR count). The first-order valence-electron chi connectivity index (χ1n) is 5.59. The van der Waals surface area contributed by atoms with Crippen molar-refractivity contribution in [3.05, 3.63) is 0 Å². The molecule has 2 heteroatoms. The standard InChI is InChI=1S/C11H26N.H2O/c1-5-9-10-11-12(6-2,7-3)8-4;/h5-11H2,1-4H3;1H2/q+1;/p-1. The van der Waals surface area contributed by atoms with E-state index in [0.29, 0.717) is 0 Å². The van der Waals surface area contributed by atoms with Crippen LogP contribution in [0.2, 0.25) is 0 Å². The number of rotatable bonds is 7. The van der Waals surface area contributed by atoms with Crippen molar-refractivity contribution in [3.63, 3.8) is 0 Å². The SMILES string of the molecule is CCCCC[N+](CC)(CC)CC.[OH-]. The van der Waals surface area contributed by atoms with Crippen molar-refractivity contribution >= 4 is 0 Å². The van der Waals surface area contributed by atoms with Gasteiger partial charge in [-0.1, -0.05) is 13.3 Å². The molecule has 0 atom stereocenters. The van der Waals surface area contributed by atoms with E-state index in [-0.39, 0.29) is 5.48 Å². The Kier molecular flexibility index (Phi) is 10.1. The van der Waals surface area contributed by atoms with Crippen LogP contribution in [0.25, 0.3) is 0 Å². The molecule has 0 aromatic rings. The zero-order valence-electron chi connectivity index (χ0n) is 9.84. The summed E-state index contributed by atoms with van der Waals surface area (Å²) in [4.78, 5) is 0. The zero-order chi connectivity index (χ0) is 9.45. The van der Waals surface area contributed by atoms with E-state index in [9.17, 15) is 0 Å². The topological polar surface area (TPSA) is 30.0 Å². The summed E-state index contributed by atoms with van der Waals surface area (Å²) in [5, 5.41) is 0. The summed E-state index contributed by atoms with van der Waals surface area (Å²) in [5.41, 5.74) is 0. The van der Waals surface area contributed by atoms with Crippen LogP contribution < -0.4 is 0 Å². The van der Waals surface area contributed by atoms with Gasteiger partial charge in [0.15, 0.2) is 0 Å². The molecule has 82 valence electrons. The maximum atomic E-state index is 2.32. The minimum Gasteiger partial charge on any atom is -0.870 e. The van der Waals surface area contributed by atoms with Crippen molar-refractivity contribution in [3.8, 4) is 0 Å². The second-order valence-electron chi connectivity index (χ2n) is 3.72. The quantitative estimate of drug-likeness (QED) is 0.447. The normalized spacial score (nSPS) is 11.1. The molecule has 0 fully saturated rings. The summed E-state index contributed by atoms with van der Waals surface area (Å²) in [6.45, 7) is 14.5. The van der Waals surface area contributed by atoms with Crippen molar-refractivity contribution in [2.45, 2.75) is 47.0 Å². The first kappa shape index (κ1) is 15.4. The fraction of sp³-hybridized carbons (Fsp3) is 1.00. The van der Waals surface area contributed by atoms with Gasteiger partial charge in [0.2, 0.25) is 0 Å². The van der Waals surface area contributed by atoms with Crippen molar-refractivity contribution in [1.29, 1.82) is 0 Å². The lowest BCUT2D eigenvalue weighted by Crippen LogP contribution is -2.48. The van der Waals surface area contributed by atoms with Gasteiger partial charge in [-0.15, -0.1) is 0 Å². The minimum absolute atomic E-state index is 0. The highest BCUT2D eigenvalue weighted by atomic mass is 16.0. The average Bonchev–Trinajstić information content (AvgIpc) is 2.14. The highest BCUT2D eigenvalue weighted by Gasteiger charge is 2.18. The van der Waals surface area contributed by atoms with E-state index >= 15 is 0 Å². The predicted molar refractivity (Wildman–Crippen MR) is 58.2 cm³/mol. The molecule has 0 amide bonds. The molecule has 13 heavy (non-hydrogen) atoms. The summed E-state index contributed by atoms with van der Waals surface area (Å²) in [6.07, 6.45) is 4.16. The highest BCUT2D eigenvalue weighted by molar-refractivity contribution is 4.41. The Bertz CT molecular complexity index is 92.0. The Hall–Kier alpha value is -0.0800. The second kappa shape index (κ2) is 8.52. The van der Waals surface area contributed by atoms with Gasteiger partial charge in [0.1, 0.15) is 0 Å². The third-order valence-corrected chi connectivity index (χ3v) is 3.25. The van der Waals surface area contributed by atoms with Crippen molar-refractivity contribution < 1.29 is 9.96 Å². The third-order valence-electron chi connectivity index (χ3n) is 3.25. The Morgan fingerprint density at radius 1 is 0.769 bits per heavy atom.